The van der Waals surface area contributed by atoms with Gasteiger partial charge in [-0.15, -0.1) is 0 Å². The minimum absolute atomic E-state index is 0.0525. The summed E-state index contributed by atoms with van der Waals surface area (Å²) in [6.07, 6.45) is 1.17. The number of benzene rings is 2. The average Bonchev–Trinajstić information content (AvgIpc) is 2.62. The standard InChI is InChI=1S/C19H14BrF2NO4/c1-3-27-19(25)12-9-23(15-7-4-10(21)8-14(15)22)16-11(17(12)24)5-6-13(20)18(16)26-2/h4-9H,3H2,1-2H3. The van der Waals surface area contributed by atoms with E-state index in [9.17, 15) is 18.4 Å². The highest BCUT2D eigenvalue weighted by Crippen LogP contribution is 2.34. The number of hydrogen-bond acceptors (Lipinski definition) is 4. The third-order valence-electron chi connectivity index (χ3n) is 3.94. The lowest BCUT2D eigenvalue weighted by molar-refractivity contribution is 0.0524. The third-order valence-corrected chi connectivity index (χ3v) is 4.56. The Balaban J connectivity index is 2.48. The molecule has 2 aromatic carbocycles. The van der Waals surface area contributed by atoms with Crippen LogP contribution in [0.2, 0.25) is 0 Å². The summed E-state index contributed by atoms with van der Waals surface area (Å²) < 4.78 is 39.9. The van der Waals surface area contributed by atoms with Gasteiger partial charge in [-0.25, -0.2) is 13.6 Å². The largest absolute Gasteiger partial charge is 0.493 e. The van der Waals surface area contributed by atoms with E-state index in [2.05, 4.69) is 15.9 Å². The zero-order valence-electron chi connectivity index (χ0n) is 14.4. The molecule has 1 heterocycles. The Bertz CT molecular complexity index is 1110. The Hall–Kier alpha value is -2.74. The van der Waals surface area contributed by atoms with Crippen LogP contribution in [0.4, 0.5) is 8.78 Å². The molecule has 1 aromatic heterocycles. The lowest BCUT2D eigenvalue weighted by Gasteiger charge is -2.17. The van der Waals surface area contributed by atoms with Gasteiger partial charge in [-0.2, -0.15) is 0 Å². The van der Waals surface area contributed by atoms with Gasteiger partial charge in [-0.3, -0.25) is 4.79 Å². The summed E-state index contributed by atoms with van der Waals surface area (Å²) in [6, 6.07) is 6.09. The molecule has 3 aromatic rings. The van der Waals surface area contributed by atoms with Crippen molar-refractivity contribution in [2.24, 2.45) is 0 Å². The van der Waals surface area contributed by atoms with Crippen LogP contribution in [0.3, 0.4) is 0 Å². The van der Waals surface area contributed by atoms with Gasteiger partial charge in [0.25, 0.3) is 0 Å². The van der Waals surface area contributed by atoms with Crippen LogP contribution in [-0.2, 0) is 4.74 Å². The van der Waals surface area contributed by atoms with Crippen molar-refractivity contribution in [1.29, 1.82) is 0 Å². The van der Waals surface area contributed by atoms with E-state index in [1.807, 2.05) is 0 Å². The molecule has 0 saturated carbocycles. The first kappa shape index (κ1) is 19.0. The van der Waals surface area contributed by atoms with Crippen molar-refractivity contribution in [1.82, 2.24) is 4.57 Å². The fraction of sp³-hybridized carbons (Fsp3) is 0.158. The normalized spacial score (nSPS) is 10.9. The molecule has 0 fully saturated rings. The first-order chi connectivity index (χ1) is 12.9. The smallest absolute Gasteiger partial charge is 0.343 e. The van der Waals surface area contributed by atoms with E-state index in [0.29, 0.717) is 10.5 Å². The van der Waals surface area contributed by atoms with Crippen molar-refractivity contribution >= 4 is 32.8 Å². The third kappa shape index (κ3) is 3.32. The molecule has 0 saturated heterocycles. The molecule has 0 spiro atoms. The Labute approximate surface area is 161 Å². The van der Waals surface area contributed by atoms with Gasteiger partial charge in [0.1, 0.15) is 22.7 Å². The molecule has 0 bridgehead atoms. The molecule has 0 aliphatic carbocycles. The van der Waals surface area contributed by atoms with Crippen LogP contribution in [0.5, 0.6) is 5.75 Å². The summed E-state index contributed by atoms with van der Waals surface area (Å²) in [7, 11) is 1.40. The number of ether oxygens (including phenoxy) is 2. The zero-order chi connectivity index (χ0) is 19.7. The Kier molecular flexibility index (Phi) is 5.27. The summed E-state index contributed by atoms with van der Waals surface area (Å²) in [6.45, 7) is 1.68. The summed E-state index contributed by atoms with van der Waals surface area (Å²) >= 11 is 3.33. The quantitative estimate of drug-likeness (QED) is 0.573. The summed E-state index contributed by atoms with van der Waals surface area (Å²) in [5.41, 5.74) is -0.663. The number of aromatic nitrogens is 1. The molecule has 27 heavy (non-hydrogen) atoms. The monoisotopic (exact) mass is 437 g/mol. The molecule has 0 unspecified atom stereocenters. The number of methoxy groups -OCH3 is 1. The minimum Gasteiger partial charge on any atom is -0.493 e. The van der Waals surface area contributed by atoms with Crippen molar-refractivity contribution in [3.05, 3.63) is 68.4 Å². The van der Waals surface area contributed by atoms with Gasteiger partial charge in [-0.05, 0) is 47.1 Å². The van der Waals surface area contributed by atoms with Gasteiger partial charge in [0, 0.05) is 12.3 Å². The molecule has 0 radical (unpaired) electrons. The van der Waals surface area contributed by atoms with Crippen molar-refractivity contribution in [2.75, 3.05) is 13.7 Å². The van der Waals surface area contributed by atoms with Gasteiger partial charge in [-0.1, -0.05) is 0 Å². The van der Waals surface area contributed by atoms with E-state index in [4.69, 9.17) is 9.47 Å². The van der Waals surface area contributed by atoms with E-state index in [0.717, 1.165) is 6.07 Å². The maximum atomic E-state index is 14.5. The molecule has 0 amide bonds. The van der Waals surface area contributed by atoms with E-state index in [1.54, 1.807) is 13.0 Å². The molecule has 0 aliphatic heterocycles. The van der Waals surface area contributed by atoms with Crippen LogP contribution < -0.4 is 10.2 Å². The lowest BCUT2D eigenvalue weighted by Crippen LogP contribution is -2.21. The fourth-order valence-electron chi connectivity index (χ4n) is 2.78. The van der Waals surface area contributed by atoms with Gasteiger partial charge in [0.2, 0.25) is 5.43 Å². The van der Waals surface area contributed by atoms with E-state index in [-0.39, 0.29) is 34.5 Å². The van der Waals surface area contributed by atoms with Crippen molar-refractivity contribution in [3.63, 3.8) is 0 Å². The molecular formula is C19H14BrF2NO4. The van der Waals surface area contributed by atoms with E-state index < -0.39 is 23.0 Å². The number of pyridine rings is 1. The number of carbonyl (C=O) groups excluding carboxylic acids is 1. The molecule has 3 rings (SSSR count). The van der Waals surface area contributed by atoms with Crippen LogP contribution in [0.15, 0.2) is 45.8 Å². The number of esters is 1. The first-order valence-corrected chi connectivity index (χ1v) is 8.72. The Morgan fingerprint density at radius 2 is 1.96 bits per heavy atom. The van der Waals surface area contributed by atoms with Gasteiger partial charge < -0.3 is 14.0 Å². The number of fused-ring (bicyclic) bond motifs is 1. The predicted octanol–water partition coefficient (Wildman–Crippen LogP) is 4.22. The molecule has 5 nitrogen and oxygen atoms in total. The molecular weight excluding hydrogens is 424 g/mol. The first-order valence-electron chi connectivity index (χ1n) is 7.93. The number of halogens is 3. The molecule has 0 aliphatic rings. The number of hydrogen-bond donors (Lipinski definition) is 0. The van der Waals surface area contributed by atoms with Gasteiger partial charge in [0.15, 0.2) is 5.75 Å². The topological polar surface area (TPSA) is 57.5 Å². The maximum absolute atomic E-state index is 14.5. The van der Waals surface area contributed by atoms with Crippen LogP contribution in [0, 0.1) is 11.6 Å². The van der Waals surface area contributed by atoms with Crippen molar-refractivity contribution in [3.8, 4) is 11.4 Å². The van der Waals surface area contributed by atoms with Crippen LogP contribution in [0.1, 0.15) is 17.3 Å². The van der Waals surface area contributed by atoms with E-state index in [1.165, 1.54) is 30.0 Å². The summed E-state index contributed by atoms with van der Waals surface area (Å²) in [4.78, 5) is 25.0. The molecule has 0 atom stereocenters. The minimum atomic E-state index is -0.864. The SMILES string of the molecule is CCOC(=O)c1cn(-c2ccc(F)cc2F)c2c(OC)c(Br)ccc2c1=O. The number of carbonyl (C=O) groups is 1. The zero-order valence-corrected chi connectivity index (χ0v) is 16.0. The van der Waals surface area contributed by atoms with Crippen molar-refractivity contribution < 1.29 is 23.0 Å². The van der Waals surface area contributed by atoms with Crippen LogP contribution in [0.25, 0.3) is 16.6 Å². The second-order valence-corrected chi connectivity index (χ2v) is 6.39. The fourth-order valence-corrected chi connectivity index (χ4v) is 3.26. The highest BCUT2D eigenvalue weighted by atomic mass is 79.9. The lowest BCUT2D eigenvalue weighted by atomic mass is 10.1. The van der Waals surface area contributed by atoms with Crippen LogP contribution >= 0.6 is 15.9 Å². The van der Waals surface area contributed by atoms with Gasteiger partial charge in [0.05, 0.1) is 29.3 Å². The van der Waals surface area contributed by atoms with Crippen LogP contribution in [-0.4, -0.2) is 24.3 Å². The van der Waals surface area contributed by atoms with E-state index >= 15 is 0 Å². The Morgan fingerprint density at radius 1 is 1.22 bits per heavy atom. The molecule has 8 heteroatoms. The average molecular weight is 438 g/mol. The summed E-state index contributed by atoms with van der Waals surface area (Å²) in [5, 5.41) is 0.129. The summed E-state index contributed by atoms with van der Waals surface area (Å²) in [5.74, 6) is -2.18. The predicted molar refractivity (Wildman–Crippen MR) is 99.7 cm³/mol. The second kappa shape index (κ2) is 7.48. The van der Waals surface area contributed by atoms with Gasteiger partial charge >= 0.3 is 5.97 Å². The molecule has 0 N–H and O–H groups in total. The highest BCUT2D eigenvalue weighted by molar-refractivity contribution is 9.10. The number of nitrogens with zero attached hydrogens (tertiary/aromatic N) is 1. The number of rotatable bonds is 4. The Morgan fingerprint density at radius 3 is 2.59 bits per heavy atom. The highest BCUT2D eigenvalue weighted by Gasteiger charge is 2.22. The second-order valence-electron chi connectivity index (χ2n) is 5.53. The maximum Gasteiger partial charge on any atom is 0.343 e. The van der Waals surface area contributed by atoms with Crippen molar-refractivity contribution in [2.45, 2.75) is 6.92 Å². The molecule has 140 valence electrons.